The van der Waals surface area contributed by atoms with Gasteiger partial charge in [-0.15, -0.1) is 0 Å². The number of amides is 1. The van der Waals surface area contributed by atoms with E-state index in [2.05, 4.69) is 13.8 Å². The van der Waals surface area contributed by atoms with Crippen LogP contribution in [0.3, 0.4) is 0 Å². The molecule has 0 aromatic rings. The second kappa shape index (κ2) is 3.46. The molecule has 0 aromatic heterocycles. The van der Waals surface area contributed by atoms with Crippen molar-refractivity contribution in [3.63, 3.8) is 0 Å². The third-order valence-corrected chi connectivity index (χ3v) is 3.06. The van der Waals surface area contributed by atoms with Crippen LogP contribution in [0.25, 0.3) is 0 Å². The molecule has 1 fully saturated rings. The van der Waals surface area contributed by atoms with E-state index in [1.54, 1.807) is 0 Å². The number of nitrogens with zero attached hydrogens (tertiary/aromatic N) is 1. The summed E-state index contributed by atoms with van der Waals surface area (Å²) in [6, 6.07) is 0. The quantitative estimate of drug-likeness (QED) is 0.541. The largest absolute Gasteiger partial charge is 0.345 e. The Hall–Kier alpha value is -0.530. The van der Waals surface area contributed by atoms with E-state index < -0.39 is 0 Å². The smallest absolute Gasteiger partial charge is 0.225 e. The number of hydrogen-bond acceptors (Lipinski definition) is 1. The van der Waals surface area contributed by atoms with Crippen LogP contribution in [0.2, 0.25) is 0 Å². The summed E-state index contributed by atoms with van der Waals surface area (Å²) in [5.74, 6) is 1.85. The van der Waals surface area contributed by atoms with Crippen LogP contribution < -0.4 is 0 Å². The molecule has 1 aliphatic rings. The minimum absolute atomic E-state index is 0.218. The van der Waals surface area contributed by atoms with Crippen LogP contribution in [0.15, 0.2) is 0 Å². The monoisotopic (exact) mass is 169 g/mol. The summed E-state index contributed by atoms with van der Waals surface area (Å²) in [6.45, 7) is 7.43. The first-order valence-corrected chi connectivity index (χ1v) is 4.77. The van der Waals surface area contributed by atoms with Gasteiger partial charge in [0, 0.05) is 19.5 Å². The summed E-state index contributed by atoms with van der Waals surface area (Å²) < 4.78 is 0. The highest BCUT2D eigenvalue weighted by molar-refractivity contribution is 5.78. The zero-order valence-electron chi connectivity index (χ0n) is 8.50. The standard InChI is InChI=1S/C10H19NO/c1-7-5-8(2)10(12)11(4)6-9(7)3/h7-9H,5-6H2,1-4H3. The molecule has 1 rings (SSSR count). The van der Waals surface area contributed by atoms with Gasteiger partial charge in [0.15, 0.2) is 0 Å². The average Bonchev–Trinajstić information content (AvgIpc) is 2.07. The lowest BCUT2D eigenvalue weighted by Gasteiger charge is -2.19. The van der Waals surface area contributed by atoms with Crippen LogP contribution in [-0.4, -0.2) is 24.4 Å². The zero-order chi connectivity index (χ0) is 9.30. The maximum Gasteiger partial charge on any atom is 0.225 e. The normalized spacial score (nSPS) is 38.2. The van der Waals surface area contributed by atoms with Gasteiger partial charge in [0.25, 0.3) is 0 Å². The van der Waals surface area contributed by atoms with Gasteiger partial charge < -0.3 is 4.90 Å². The third kappa shape index (κ3) is 1.79. The lowest BCUT2D eigenvalue weighted by atomic mass is 9.89. The van der Waals surface area contributed by atoms with Crippen molar-refractivity contribution in [2.24, 2.45) is 17.8 Å². The Morgan fingerprint density at radius 1 is 1.25 bits per heavy atom. The highest BCUT2D eigenvalue weighted by atomic mass is 16.2. The number of carbonyl (C=O) groups is 1. The summed E-state index contributed by atoms with van der Waals surface area (Å²) >= 11 is 0. The van der Waals surface area contributed by atoms with E-state index in [9.17, 15) is 4.79 Å². The second-order valence-electron chi connectivity index (χ2n) is 4.31. The summed E-state index contributed by atoms with van der Waals surface area (Å²) in [4.78, 5) is 13.4. The third-order valence-electron chi connectivity index (χ3n) is 3.06. The maximum atomic E-state index is 11.6. The van der Waals surface area contributed by atoms with E-state index in [-0.39, 0.29) is 5.92 Å². The van der Waals surface area contributed by atoms with E-state index in [0.29, 0.717) is 17.7 Å². The van der Waals surface area contributed by atoms with Crippen molar-refractivity contribution in [3.8, 4) is 0 Å². The Bertz CT molecular complexity index is 161. The van der Waals surface area contributed by atoms with Crippen molar-refractivity contribution in [2.45, 2.75) is 27.2 Å². The summed E-state index contributed by atoms with van der Waals surface area (Å²) in [5, 5.41) is 0. The SMILES string of the molecule is CC1CC(C)C(C)CN(C)C1=O. The fourth-order valence-corrected chi connectivity index (χ4v) is 1.97. The Kier molecular flexibility index (Phi) is 2.76. The van der Waals surface area contributed by atoms with E-state index in [0.717, 1.165) is 13.0 Å². The Morgan fingerprint density at radius 3 is 2.42 bits per heavy atom. The van der Waals surface area contributed by atoms with E-state index in [1.165, 1.54) is 0 Å². The van der Waals surface area contributed by atoms with Crippen LogP contribution in [0.1, 0.15) is 27.2 Å². The molecular formula is C10H19NO. The molecule has 1 saturated heterocycles. The van der Waals surface area contributed by atoms with Gasteiger partial charge in [0.2, 0.25) is 5.91 Å². The van der Waals surface area contributed by atoms with Crippen LogP contribution in [-0.2, 0) is 4.79 Å². The van der Waals surface area contributed by atoms with Crippen molar-refractivity contribution >= 4 is 5.91 Å². The van der Waals surface area contributed by atoms with Crippen molar-refractivity contribution in [2.75, 3.05) is 13.6 Å². The van der Waals surface area contributed by atoms with Gasteiger partial charge in [-0.3, -0.25) is 4.79 Å². The molecule has 0 radical (unpaired) electrons. The lowest BCUT2D eigenvalue weighted by molar-refractivity contribution is -0.133. The molecule has 1 aliphatic heterocycles. The lowest BCUT2D eigenvalue weighted by Crippen LogP contribution is -2.31. The van der Waals surface area contributed by atoms with E-state index in [1.807, 2.05) is 18.9 Å². The van der Waals surface area contributed by atoms with Crippen molar-refractivity contribution in [1.82, 2.24) is 4.90 Å². The molecule has 70 valence electrons. The molecule has 0 N–H and O–H groups in total. The fraction of sp³-hybridized carbons (Fsp3) is 0.900. The molecule has 0 saturated carbocycles. The molecule has 0 aromatic carbocycles. The van der Waals surface area contributed by atoms with Crippen molar-refractivity contribution < 1.29 is 4.79 Å². The second-order valence-corrected chi connectivity index (χ2v) is 4.31. The molecule has 0 aliphatic carbocycles. The van der Waals surface area contributed by atoms with E-state index >= 15 is 0 Å². The molecule has 0 spiro atoms. The zero-order valence-corrected chi connectivity index (χ0v) is 8.50. The first-order chi connectivity index (χ1) is 5.52. The Balaban J connectivity index is 2.71. The number of likely N-dealkylation sites (tertiary alicyclic amines) is 1. The van der Waals surface area contributed by atoms with Gasteiger partial charge in [0.1, 0.15) is 0 Å². The fourth-order valence-electron chi connectivity index (χ4n) is 1.97. The van der Waals surface area contributed by atoms with Crippen LogP contribution in [0.5, 0.6) is 0 Å². The molecule has 3 unspecified atom stereocenters. The van der Waals surface area contributed by atoms with Crippen molar-refractivity contribution in [1.29, 1.82) is 0 Å². The minimum atomic E-state index is 0.218. The summed E-state index contributed by atoms with van der Waals surface area (Å²) in [6.07, 6.45) is 1.05. The predicted molar refractivity (Wildman–Crippen MR) is 49.7 cm³/mol. The molecule has 1 heterocycles. The highest BCUT2D eigenvalue weighted by Crippen LogP contribution is 2.25. The topological polar surface area (TPSA) is 20.3 Å². The highest BCUT2D eigenvalue weighted by Gasteiger charge is 2.28. The molecule has 0 bridgehead atoms. The van der Waals surface area contributed by atoms with Gasteiger partial charge in [-0.2, -0.15) is 0 Å². The van der Waals surface area contributed by atoms with E-state index in [4.69, 9.17) is 0 Å². The first-order valence-electron chi connectivity index (χ1n) is 4.77. The van der Waals surface area contributed by atoms with Gasteiger partial charge in [-0.25, -0.2) is 0 Å². The number of carbonyl (C=O) groups excluding carboxylic acids is 1. The molecule has 2 nitrogen and oxygen atoms in total. The number of hydrogen-bond donors (Lipinski definition) is 0. The molecular weight excluding hydrogens is 150 g/mol. The molecule has 3 atom stereocenters. The minimum Gasteiger partial charge on any atom is -0.345 e. The maximum absolute atomic E-state index is 11.6. The van der Waals surface area contributed by atoms with Gasteiger partial charge in [-0.1, -0.05) is 20.8 Å². The van der Waals surface area contributed by atoms with Crippen molar-refractivity contribution in [3.05, 3.63) is 0 Å². The molecule has 12 heavy (non-hydrogen) atoms. The van der Waals surface area contributed by atoms with Gasteiger partial charge >= 0.3 is 0 Å². The van der Waals surface area contributed by atoms with Crippen LogP contribution in [0.4, 0.5) is 0 Å². The predicted octanol–water partition coefficient (Wildman–Crippen LogP) is 1.76. The first kappa shape index (κ1) is 9.56. The Labute approximate surface area is 74.9 Å². The number of rotatable bonds is 0. The van der Waals surface area contributed by atoms with Gasteiger partial charge in [-0.05, 0) is 18.3 Å². The van der Waals surface area contributed by atoms with Crippen LogP contribution in [0, 0.1) is 17.8 Å². The summed E-state index contributed by atoms with van der Waals surface area (Å²) in [7, 11) is 1.91. The molecule has 1 amide bonds. The Morgan fingerprint density at radius 2 is 1.83 bits per heavy atom. The van der Waals surface area contributed by atoms with Crippen LogP contribution >= 0.6 is 0 Å². The molecule has 2 heteroatoms. The van der Waals surface area contributed by atoms with Gasteiger partial charge in [0.05, 0.1) is 0 Å². The summed E-state index contributed by atoms with van der Waals surface area (Å²) in [5.41, 5.74) is 0. The average molecular weight is 169 g/mol.